The maximum Gasteiger partial charge on any atom is 0.162 e. The van der Waals surface area contributed by atoms with Gasteiger partial charge in [-0.2, -0.15) is 0 Å². The predicted octanol–water partition coefficient (Wildman–Crippen LogP) is 3.75. The summed E-state index contributed by atoms with van der Waals surface area (Å²) in [6.07, 6.45) is 1.36. The Hall–Kier alpha value is -1.18. The summed E-state index contributed by atoms with van der Waals surface area (Å²) in [6.45, 7) is 5.94. The van der Waals surface area contributed by atoms with E-state index in [-0.39, 0.29) is 11.6 Å². The van der Waals surface area contributed by atoms with Crippen molar-refractivity contribution >= 4 is 5.78 Å². The fourth-order valence-electron chi connectivity index (χ4n) is 1.46. The molecule has 1 rings (SSSR count). The van der Waals surface area contributed by atoms with E-state index < -0.39 is 0 Å². The van der Waals surface area contributed by atoms with Crippen LogP contribution in [0.15, 0.2) is 18.2 Å². The Bertz CT molecular complexity index is 335. The lowest BCUT2D eigenvalue weighted by atomic mass is 10.00. The van der Waals surface area contributed by atoms with Crippen LogP contribution in [0.4, 0.5) is 4.39 Å². The summed E-state index contributed by atoms with van der Waals surface area (Å²) in [5.74, 6) is 0.206. The molecule has 0 aliphatic carbocycles. The van der Waals surface area contributed by atoms with Crippen molar-refractivity contribution in [1.82, 2.24) is 0 Å². The maximum atomic E-state index is 13.0. The number of Topliss-reactive ketones (excluding diaryl/α,β-unsaturated/α-hetero) is 1. The normalized spacial score (nSPS) is 10.7. The molecule has 0 heterocycles. The lowest BCUT2D eigenvalue weighted by molar-refractivity contribution is 0.0975. The summed E-state index contributed by atoms with van der Waals surface area (Å²) in [4.78, 5) is 11.7. The molecule has 1 aromatic rings. The first-order valence-electron chi connectivity index (χ1n) is 5.29. The van der Waals surface area contributed by atoms with Gasteiger partial charge in [-0.15, -0.1) is 0 Å². The highest BCUT2D eigenvalue weighted by Gasteiger charge is 2.08. The summed E-state index contributed by atoms with van der Waals surface area (Å²) in [7, 11) is 0. The fourth-order valence-corrected chi connectivity index (χ4v) is 1.46. The van der Waals surface area contributed by atoms with Crippen LogP contribution in [-0.4, -0.2) is 5.78 Å². The highest BCUT2D eigenvalue weighted by Crippen LogP contribution is 2.13. The van der Waals surface area contributed by atoms with Crippen LogP contribution in [0.3, 0.4) is 0 Å². The first-order valence-corrected chi connectivity index (χ1v) is 5.29. The Kier molecular flexibility index (Phi) is 4.01. The number of carbonyl (C=O) groups is 1. The molecule has 15 heavy (non-hydrogen) atoms. The molecule has 0 amide bonds. The zero-order valence-corrected chi connectivity index (χ0v) is 9.51. The molecule has 0 radical (unpaired) electrons. The minimum absolute atomic E-state index is 0.0336. The topological polar surface area (TPSA) is 17.1 Å². The summed E-state index contributed by atoms with van der Waals surface area (Å²) in [5, 5.41) is 0. The number of aryl methyl sites for hydroxylation is 1. The summed E-state index contributed by atoms with van der Waals surface area (Å²) < 4.78 is 13.0. The van der Waals surface area contributed by atoms with Crippen LogP contribution in [0, 0.1) is 18.7 Å². The van der Waals surface area contributed by atoms with Gasteiger partial charge in [0, 0.05) is 12.0 Å². The van der Waals surface area contributed by atoms with Gasteiger partial charge in [-0.25, -0.2) is 4.39 Å². The highest BCUT2D eigenvalue weighted by atomic mass is 19.1. The van der Waals surface area contributed by atoms with E-state index in [9.17, 15) is 9.18 Å². The molecular formula is C13H17FO. The van der Waals surface area contributed by atoms with Gasteiger partial charge in [-0.1, -0.05) is 13.8 Å². The number of carbonyl (C=O) groups excluding carboxylic acids is 1. The number of ketones is 1. The van der Waals surface area contributed by atoms with Gasteiger partial charge in [0.1, 0.15) is 5.82 Å². The van der Waals surface area contributed by atoms with Crippen molar-refractivity contribution in [2.24, 2.45) is 5.92 Å². The van der Waals surface area contributed by atoms with E-state index in [0.29, 0.717) is 17.9 Å². The zero-order chi connectivity index (χ0) is 11.4. The molecule has 1 aromatic carbocycles. The van der Waals surface area contributed by atoms with Crippen molar-refractivity contribution in [3.63, 3.8) is 0 Å². The van der Waals surface area contributed by atoms with Crippen LogP contribution < -0.4 is 0 Å². The van der Waals surface area contributed by atoms with E-state index in [4.69, 9.17) is 0 Å². The van der Waals surface area contributed by atoms with Crippen molar-refractivity contribution in [1.29, 1.82) is 0 Å². The number of halogens is 1. The zero-order valence-electron chi connectivity index (χ0n) is 9.51. The fraction of sp³-hybridized carbons (Fsp3) is 0.462. The minimum Gasteiger partial charge on any atom is -0.294 e. The third-order valence-corrected chi connectivity index (χ3v) is 2.31. The molecular weight excluding hydrogens is 191 g/mol. The second-order valence-electron chi connectivity index (χ2n) is 4.37. The first-order chi connectivity index (χ1) is 6.99. The van der Waals surface area contributed by atoms with E-state index in [1.807, 2.05) is 0 Å². The Morgan fingerprint density at radius 2 is 2.00 bits per heavy atom. The monoisotopic (exact) mass is 208 g/mol. The molecule has 0 spiro atoms. The van der Waals surface area contributed by atoms with E-state index in [2.05, 4.69) is 13.8 Å². The smallest absolute Gasteiger partial charge is 0.162 e. The first kappa shape index (κ1) is 11.9. The Morgan fingerprint density at radius 1 is 1.33 bits per heavy atom. The summed E-state index contributed by atoms with van der Waals surface area (Å²) in [5.41, 5.74) is 1.29. The molecule has 0 bridgehead atoms. The average Bonchev–Trinajstić information content (AvgIpc) is 2.12. The number of rotatable bonds is 4. The number of hydrogen-bond donors (Lipinski definition) is 0. The lowest BCUT2D eigenvalue weighted by Crippen LogP contribution is -2.02. The summed E-state index contributed by atoms with van der Waals surface area (Å²) >= 11 is 0. The van der Waals surface area contributed by atoms with Crippen LogP contribution in [0.2, 0.25) is 0 Å². The average molecular weight is 208 g/mol. The molecule has 2 heteroatoms. The summed E-state index contributed by atoms with van der Waals surface area (Å²) in [6, 6.07) is 4.49. The van der Waals surface area contributed by atoms with Crippen molar-refractivity contribution < 1.29 is 9.18 Å². The van der Waals surface area contributed by atoms with Gasteiger partial charge >= 0.3 is 0 Å². The Balaban J connectivity index is 2.73. The molecule has 0 fully saturated rings. The van der Waals surface area contributed by atoms with Crippen molar-refractivity contribution in [2.45, 2.75) is 33.6 Å². The van der Waals surface area contributed by atoms with Crippen LogP contribution in [0.5, 0.6) is 0 Å². The van der Waals surface area contributed by atoms with Gasteiger partial charge < -0.3 is 0 Å². The second-order valence-corrected chi connectivity index (χ2v) is 4.37. The van der Waals surface area contributed by atoms with Gasteiger partial charge in [0.05, 0.1) is 0 Å². The van der Waals surface area contributed by atoms with Gasteiger partial charge in [0.2, 0.25) is 0 Å². The number of benzene rings is 1. The quantitative estimate of drug-likeness (QED) is 0.689. The standard InChI is InChI=1S/C13H17FO/c1-9(2)4-5-13(15)11-6-10(3)7-12(14)8-11/h6-9H,4-5H2,1-3H3. The molecule has 0 unspecified atom stereocenters. The Morgan fingerprint density at radius 3 is 2.53 bits per heavy atom. The molecule has 0 saturated carbocycles. The maximum absolute atomic E-state index is 13.0. The highest BCUT2D eigenvalue weighted by molar-refractivity contribution is 5.96. The Labute approximate surface area is 90.3 Å². The van der Waals surface area contributed by atoms with E-state index >= 15 is 0 Å². The van der Waals surface area contributed by atoms with Crippen molar-refractivity contribution in [3.05, 3.63) is 35.1 Å². The van der Waals surface area contributed by atoms with Crippen LogP contribution in [0.1, 0.15) is 42.6 Å². The molecule has 1 nitrogen and oxygen atoms in total. The predicted molar refractivity (Wildman–Crippen MR) is 59.5 cm³/mol. The minimum atomic E-state index is -0.331. The third-order valence-electron chi connectivity index (χ3n) is 2.31. The van der Waals surface area contributed by atoms with Gasteiger partial charge in [0.25, 0.3) is 0 Å². The molecule has 0 aliphatic heterocycles. The SMILES string of the molecule is Cc1cc(F)cc(C(=O)CCC(C)C)c1. The largest absolute Gasteiger partial charge is 0.294 e. The molecule has 0 atom stereocenters. The third kappa shape index (κ3) is 3.82. The van der Waals surface area contributed by atoms with E-state index in [1.165, 1.54) is 12.1 Å². The molecule has 0 saturated heterocycles. The van der Waals surface area contributed by atoms with Crippen LogP contribution in [-0.2, 0) is 0 Å². The van der Waals surface area contributed by atoms with Gasteiger partial charge in [-0.3, -0.25) is 4.79 Å². The van der Waals surface area contributed by atoms with Gasteiger partial charge in [0.15, 0.2) is 5.78 Å². The van der Waals surface area contributed by atoms with Crippen LogP contribution >= 0.6 is 0 Å². The second kappa shape index (κ2) is 5.06. The molecule has 0 aromatic heterocycles. The molecule has 0 aliphatic rings. The molecule has 82 valence electrons. The van der Waals surface area contributed by atoms with Crippen LogP contribution in [0.25, 0.3) is 0 Å². The van der Waals surface area contributed by atoms with Gasteiger partial charge in [-0.05, 0) is 43.0 Å². The lowest BCUT2D eigenvalue weighted by Gasteiger charge is -2.05. The van der Waals surface area contributed by atoms with Crippen molar-refractivity contribution in [3.8, 4) is 0 Å². The van der Waals surface area contributed by atoms with Crippen molar-refractivity contribution in [2.75, 3.05) is 0 Å². The van der Waals surface area contributed by atoms with E-state index in [1.54, 1.807) is 13.0 Å². The van der Waals surface area contributed by atoms with E-state index in [0.717, 1.165) is 12.0 Å². The number of hydrogen-bond acceptors (Lipinski definition) is 1. The molecule has 0 N–H and O–H groups in total.